The van der Waals surface area contributed by atoms with E-state index in [2.05, 4.69) is 4.90 Å². The lowest BCUT2D eigenvalue weighted by Crippen LogP contribution is -2.23. The number of furan rings is 1. The first-order valence-corrected chi connectivity index (χ1v) is 6.40. The Balaban J connectivity index is 1.73. The Kier molecular flexibility index (Phi) is 5.01. The molecule has 102 valence electrons. The maximum atomic E-state index is 5.71. The van der Waals surface area contributed by atoms with Crippen molar-refractivity contribution in [2.75, 3.05) is 20.2 Å². The predicted molar refractivity (Wildman–Crippen MR) is 74.9 cm³/mol. The molecule has 1 aromatic heterocycles. The molecule has 1 heterocycles. The molecule has 0 aliphatic heterocycles. The summed E-state index contributed by atoms with van der Waals surface area (Å²) in [6.45, 7) is 2.81. The summed E-state index contributed by atoms with van der Waals surface area (Å²) in [5, 5.41) is 0. The normalized spacial score (nSPS) is 10.9. The van der Waals surface area contributed by atoms with Crippen molar-refractivity contribution in [1.29, 1.82) is 0 Å². The van der Waals surface area contributed by atoms with Crippen molar-refractivity contribution < 1.29 is 9.15 Å². The van der Waals surface area contributed by atoms with E-state index in [9.17, 15) is 0 Å². The van der Waals surface area contributed by atoms with Gasteiger partial charge in [-0.05, 0) is 36.9 Å². The van der Waals surface area contributed by atoms with Crippen LogP contribution >= 0.6 is 0 Å². The van der Waals surface area contributed by atoms with Crippen LogP contribution in [0, 0.1) is 0 Å². The molecule has 4 nitrogen and oxygen atoms in total. The summed E-state index contributed by atoms with van der Waals surface area (Å²) in [5.41, 5.74) is 6.68. The van der Waals surface area contributed by atoms with Crippen molar-refractivity contribution in [3.05, 3.63) is 54.0 Å². The first kappa shape index (κ1) is 13.6. The molecule has 0 spiro atoms. The van der Waals surface area contributed by atoms with Crippen molar-refractivity contribution in [1.82, 2.24) is 4.90 Å². The number of hydrogen-bond donors (Lipinski definition) is 1. The van der Waals surface area contributed by atoms with Crippen LogP contribution < -0.4 is 10.5 Å². The lowest BCUT2D eigenvalue weighted by atomic mass is 10.2. The van der Waals surface area contributed by atoms with Crippen LogP contribution in [-0.4, -0.2) is 25.1 Å². The largest absolute Gasteiger partial charge is 0.492 e. The van der Waals surface area contributed by atoms with Gasteiger partial charge in [0.2, 0.25) is 0 Å². The lowest BCUT2D eigenvalue weighted by Gasteiger charge is -2.15. The fourth-order valence-electron chi connectivity index (χ4n) is 1.83. The van der Waals surface area contributed by atoms with E-state index in [0.717, 1.165) is 30.2 Å². The van der Waals surface area contributed by atoms with Crippen molar-refractivity contribution in [3.63, 3.8) is 0 Å². The van der Waals surface area contributed by atoms with Gasteiger partial charge in [-0.2, -0.15) is 0 Å². The molecule has 2 rings (SSSR count). The summed E-state index contributed by atoms with van der Waals surface area (Å²) in [4.78, 5) is 2.16. The topological polar surface area (TPSA) is 51.6 Å². The van der Waals surface area contributed by atoms with Crippen LogP contribution in [0.1, 0.15) is 11.3 Å². The van der Waals surface area contributed by atoms with Crippen molar-refractivity contribution >= 4 is 0 Å². The van der Waals surface area contributed by atoms with Gasteiger partial charge in [-0.15, -0.1) is 0 Å². The van der Waals surface area contributed by atoms with Gasteiger partial charge >= 0.3 is 0 Å². The second kappa shape index (κ2) is 6.97. The molecule has 1 aromatic carbocycles. The fraction of sp³-hybridized carbons (Fsp3) is 0.333. The molecule has 0 fully saturated rings. The van der Waals surface area contributed by atoms with Gasteiger partial charge in [-0.3, -0.25) is 4.90 Å². The van der Waals surface area contributed by atoms with Crippen LogP contribution in [0.2, 0.25) is 0 Å². The van der Waals surface area contributed by atoms with Gasteiger partial charge in [0.1, 0.15) is 18.1 Å². The van der Waals surface area contributed by atoms with Crippen LogP contribution in [0.5, 0.6) is 5.75 Å². The Morgan fingerprint density at radius 1 is 1.26 bits per heavy atom. The van der Waals surface area contributed by atoms with E-state index >= 15 is 0 Å². The van der Waals surface area contributed by atoms with Crippen LogP contribution in [-0.2, 0) is 13.1 Å². The van der Waals surface area contributed by atoms with Gasteiger partial charge in [0.05, 0.1) is 12.8 Å². The molecule has 0 saturated heterocycles. The first-order chi connectivity index (χ1) is 9.28. The Morgan fingerprint density at radius 3 is 2.89 bits per heavy atom. The molecule has 2 N–H and O–H groups in total. The summed E-state index contributed by atoms with van der Waals surface area (Å²) < 4.78 is 11.0. The summed E-state index contributed by atoms with van der Waals surface area (Å²) in [6, 6.07) is 11.8. The van der Waals surface area contributed by atoms with Gasteiger partial charge in [-0.1, -0.05) is 12.1 Å². The first-order valence-electron chi connectivity index (χ1n) is 6.40. The number of nitrogens with zero attached hydrogens (tertiary/aromatic N) is 1. The molecule has 0 atom stereocenters. The third-order valence-electron chi connectivity index (χ3n) is 2.88. The summed E-state index contributed by atoms with van der Waals surface area (Å²) in [7, 11) is 2.04. The Morgan fingerprint density at radius 2 is 2.16 bits per heavy atom. The highest BCUT2D eigenvalue weighted by Gasteiger charge is 2.03. The third-order valence-corrected chi connectivity index (χ3v) is 2.88. The molecule has 0 unspecified atom stereocenters. The maximum absolute atomic E-state index is 5.71. The standard InChI is InChI=1S/C15H20N2O2/c1-17(12-15-6-3-8-18-15)7-9-19-14-5-2-4-13(10-14)11-16/h2-6,8,10H,7,9,11-12,16H2,1H3. The lowest BCUT2D eigenvalue weighted by molar-refractivity contribution is 0.222. The Labute approximate surface area is 113 Å². The molecule has 0 amide bonds. The average molecular weight is 260 g/mol. The molecule has 0 aliphatic rings. The van der Waals surface area contributed by atoms with E-state index in [-0.39, 0.29) is 0 Å². The number of ether oxygens (including phenoxy) is 1. The second-order valence-electron chi connectivity index (χ2n) is 4.52. The van der Waals surface area contributed by atoms with Gasteiger partial charge in [-0.25, -0.2) is 0 Å². The molecular weight excluding hydrogens is 240 g/mol. The van der Waals surface area contributed by atoms with E-state index in [1.54, 1.807) is 6.26 Å². The Hall–Kier alpha value is -1.78. The second-order valence-corrected chi connectivity index (χ2v) is 4.52. The quantitative estimate of drug-likeness (QED) is 0.829. The monoisotopic (exact) mass is 260 g/mol. The molecule has 4 heteroatoms. The molecule has 0 radical (unpaired) electrons. The van der Waals surface area contributed by atoms with Gasteiger partial charge < -0.3 is 14.9 Å². The molecular formula is C15H20N2O2. The van der Waals surface area contributed by atoms with Crippen molar-refractivity contribution in [2.45, 2.75) is 13.1 Å². The number of hydrogen-bond acceptors (Lipinski definition) is 4. The van der Waals surface area contributed by atoms with Crippen LogP contribution in [0.4, 0.5) is 0 Å². The molecule has 2 aromatic rings. The summed E-state index contributed by atoms with van der Waals surface area (Å²) >= 11 is 0. The van der Waals surface area contributed by atoms with Crippen LogP contribution in [0.25, 0.3) is 0 Å². The highest BCUT2D eigenvalue weighted by molar-refractivity contribution is 5.28. The van der Waals surface area contributed by atoms with Gasteiger partial charge in [0.15, 0.2) is 0 Å². The minimum atomic E-state index is 0.537. The van der Waals surface area contributed by atoms with E-state index in [1.165, 1.54) is 0 Å². The molecule has 0 bridgehead atoms. The molecule has 0 aliphatic carbocycles. The molecule has 0 saturated carbocycles. The average Bonchev–Trinajstić information content (AvgIpc) is 2.92. The highest BCUT2D eigenvalue weighted by atomic mass is 16.5. The van der Waals surface area contributed by atoms with Crippen LogP contribution in [0.15, 0.2) is 47.1 Å². The number of likely N-dealkylation sites (N-methyl/N-ethyl adjacent to an activating group) is 1. The summed E-state index contributed by atoms with van der Waals surface area (Å²) in [5.74, 6) is 1.84. The minimum absolute atomic E-state index is 0.537. The number of benzene rings is 1. The van der Waals surface area contributed by atoms with Gasteiger partial charge in [0, 0.05) is 13.1 Å². The zero-order valence-corrected chi connectivity index (χ0v) is 11.2. The van der Waals surface area contributed by atoms with E-state index in [4.69, 9.17) is 14.9 Å². The zero-order valence-electron chi connectivity index (χ0n) is 11.2. The number of nitrogens with two attached hydrogens (primary N) is 1. The number of rotatable bonds is 7. The van der Waals surface area contributed by atoms with Crippen molar-refractivity contribution in [2.24, 2.45) is 5.73 Å². The van der Waals surface area contributed by atoms with Crippen molar-refractivity contribution in [3.8, 4) is 5.75 Å². The highest BCUT2D eigenvalue weighted by Crippen LogP contribution is 2.12. The maximum Gasteiger partial charge on any atom is 0.119 e. The fourth-order valence-corrected chi connectivity index (χ4v) is 1.83. The summed E-state index contributed by atoms with van der Waals surface area (Å²) in [6.07, 6.45) is 1.69. The zero-order chi connectivity index (χ0) is 13.5. The third kappa shape index (κ3) is 4.43. The SMILES string of the molecule is CN(CCOc1cccc(CN)c1)Cc1ccco1. The van der Waals surface area contributed by atoms with E-state index < -0.39 is 0 Å². The predicted octanol–water partition coefficient (Wildman–Crippen LogP) is 2.25. The van der Waals surface area contributed by atoms with Gasteiger partial charge in [0.25, 0.3) is 0 Å². The minimum Gasteiger partial charge on any atom is -0.492 e. The Bertz CT molecular complexity index is 483. The van der Waals surface area contributed by atoms with Crippen LogP contribution in [0.3, 0.4) is 0 Å². The van der Waals surface area contributed by atoms with E-state index in [1.807, 2.05) is 43.4 Å². The molecule has 19 heavy (non-hydrogen) atoms. The van der Waals surface area contributed by atoms with E-state index in [0.29, 0.717) is 13.2 Å². The smallest absolute Gasteiger partial charge is 0.119 e.